The van der Waals surface area contributed by atoms with Crippen molar-refractivity contribution >= 4 is 26.3 Å². The summed E-state index contributed by atoms with van der Waals surface area (Å²) in [4.78, 5) is 4.51. The molecule has 0 rings (SSSR count). The molecule has 0 saturated heterocycles. The zero-order chi connectivity index (χ0) is 15.8. The van der Waals surface area contributed by atoms with Crippen molar-refractivity contribution in [2.75, 3.05) is 6.61 Å². The van der Waals surface area contributed by atoms with Gasteiger partial charge in [0.05, 0.1) is 11.6 Å². The monoisotopic (exact) mass is 299 g/mol. The van der Waals surface area contributed by atoms with E-state index in [1.54, 1.807) is 0 Å². The Morgan fingerprint density at radius 1 is 1.40 bits per heavy atom. The van der Waals surface area contributed by atoms with Crippen molar-refractivity contribution in [2.45, 2.75) is 70.8 Å². The standard InChI is InChI=1S/C15H30BNO2S/c1-7-12(11-17-13(8-2)9-10-18)16-19-14(3,4)15(5,6)20/h7,11,13,16,18,20H,8-10H2,1-6H3/b12-7+,17-11-. The van der Waals surface area contributed by atoms with E-state index in [1.807, 2.05) is 46.9 Å². The van der Waals surface area contributed by atoms with Crippen LogP contribution in [0.15, 0.2) is 16.5 Å². The van der Waals surface area contributed by atoms with Crippen LogP contribution in [0.25, 0.3) is 0 Å². The molecule has 0 fully saturated rings. The second-order valence-corrected chi connectivity index (χ2v) is 7.19. The number of aliphatic imine (C=N–C) groups is 1. The minimum Gasteiger partial charge on any atom is -0.428 e. The van der Waals surface area contributed by atoms with Crippen LogP contribution in [0.5, 0.6) is 0 Å². The average Bonchev–Trinajstić information content (AvgIpc) is 2.36. The van der Waals surface area contributed by atoms with Gasteiger partial charge in [-0.05, 0) is 52.9 Å². The summed E-state index contributed by atoms with van der Waals surface area (Å²) in [7, 11) is 0.520. The summed E-state index contributed by atoms with van der Waals surface area (Å²) in [5.41, 5.74) is 0.722. The molecule has 1 atom stereocenters. The van der Waals surface area contributed by atoms with Crippen molar-refractivity contribution < 1.29 is 9.76 Å². The van der Waals surface area contributed by atoms with Gasteiger partial charge < -0.3 is 9.76 Å². The summed E-state index contributed by atoms with van der Waals surface area (Å²) in [5, 5.41) is 8.97. The number of aliphatic hydroxyl groups excluding tert-OH is 1. The highest BCUT2D eigenvalue weighted by Crippen LogP contribution is 2.30. The lowest BCUT2D eigenvalue weighted by Gasteiger charge is -2.38. The number of rotatable bonds is 9. The number of aliphatic hydroxyl groups is 1. The molecule has 0 amide bonds. The molecule has 0 aromatic carbocycles. The molecule has 0 spiro atoms. The molecule has 3 nitrogen and oxygen atoms in total. The van der Waals surface area contributed by atoms with E-state index in [0.29, 0.717) is 13.9 Å². The van der Waals surface area contributed by atoms with Crippen molar-refractivity contribution in [2.24, 2.45) is 4.99 Å². The first kappa shape index (κ1) is 19.7. The van der Waals surface area contributed by atoms with E-state index < -0.39 is 0 Å². The SMILES string of the molecule is C/C=C(BOC(C)(C)C(C)(C)S)\C=N/C(CC)CCO. The minimum atomic E-state index is -0.326. The van der Waals surface area contributed by atoms with E-state index in [4.69, 9.17) is 9.76 Å². The fraction of sp³-hybridized carbons (Fsp3) is 0.800. The maximum absolute atomic E-state index is 8.97. The van der Waals surface area contributed by atoms with Gasteiger partial charge in [0.2, 0.25) is 0 Å². The molecule has 0 aromatic rings. The van der Waals surface area contributed by atoms with Gasteiger partial charge in [-0.3, -0.25) is 4.99 Å². The molecule has 0 aliphatic rings. The van der Waals surface area contributed by atoms with Gasteiger partial charge in [-0.25, -0.2) is 0 Å². The Balaban J connectivity index is 4.55. The number of hydrogen-bond donors (Lipinski definition) is 2. The zero-order valence-electron chi connectivity index (χ0n) is 13.8. The van der Waals surface area contributed by atoms with Crippen LogP contribution in [0, 0.1) is 0 Å². The highest BCUT2D eigenvalue weighted by atomic mass is 32.1. The largest absolute Gasteiger partial charge is 0.428 e. The van der Waals surface area contributed by atoms with Gasteiger partial charge in [-0.1, -0.05) is 13.0 Å². The lowest BCUT2D eigenvalue weighted by Crippen LogP contribution is -2.44. The Morgan fingerprint density at radius 2 is 2.00 bits per heavy atom. The Bertz CT molecular complexity index is 335. The van der Waals surface area contributed by atoms with E-state index in [0.717, 1.165) is 11.9 Å². The van der Waals surface area contributed by atoms with E-state index in [9.17, 15) is 0 Å². The summed E-state index contributed by atoms with van der Waals surface area (Å²) in [5.74, 6) is 0. The third-order valence-electron chi connectivity index (χ3n) is 3.83. The third-order valence-corrected chi connectivity index (χ3v) is 4.37. The topological polar surface area (TPSA) is 41.8 Å². The van der Waals surface area contributed by atoms with Gasteiger partial charge in [-0.15, -0.1) is 0 Å². The zero-order valence-corrected chi connectivity index (χ0v) is 14.7. The van der Waals surface area contributed by atoms with Crippen LogP contribution in [-0.4, -0.2) is 41.8 Å². The van der Waals surface area contributed by atoms with Crippen LogP contribution in [0.1, 0.15) is 54.4 Å². The first-order valence-corrected chi connectivity index (χ1v) is 7.78. The normalized spacial score (nSPS) is 15.7. The maximum Gasteiger partial charge on any atom is 0.310 e. The molecule has 0 aliphatic carbocycles. The lowest BCUT2D eigenvalue weighted by molar-refractivity contribution is 0.0848. The molecule has 0 saturated carbocycles. The second kappa shape index (κ2) is 8.91. The molecule has 0 radical (unpaired) electrons. The van der Waals surface area contributed by atoms with Crippen LogP contribution >= 0.6 is 12.6 Å². The Hall–Kier alpha value is -0.255. The fourth-order valence-corrected chi connectivity index (χ4v) is 1.43. The minimum absolute atomic E-state index is 0.179. The molecule has 0 heterocycles. The van der Waals surface area contributed by atoms with Crippen molar-refractivity contribution in [3.8, 4) is 0 Å². The van der Waals surface area contributed by atoms with Gasteiger partial charge in [-0.2, -0.15) is 12.6 Å². The van der Waals surface area contributed by atoms with Crippen molar-refractivity contribution in [1.29, 1.82) is 0 Å². The van der Waals surface area contributed by atoms with E-state index in [-0.39, 0.29) is 23.0 Å². The Morgan fingerprint density at radius 3 is 2.40 bits per heavy atom. The van der Waals surface area contributed by atoms with Crippen molar-refractivity contribution in [3.05, 3.63) is 11.5 Å². The predicted octanol–water partition coefficient (Wildman–Crippen LogP) is 2.98. The van der Waals surface area contributed by atoms with E-state index in [1.165, 1.54) is 0 Å². The van der Waals surface area contributed by atoms with E-state index in [2.05, 4.69) is 24.5 Å². The molecule has 0 aliphatic heterocycles. The molecule has 5 heteroatoms. The maximum atomic E-state index is 8.97. The van der Waals surface area contributed by atoms with Gasteiger partial charge in [0, 0.05) is 17.6 Å². The number of thiol groups is 1. The highest BCUT2D eigenvalue weighted by Gasteiger charge is 2.34. The van der Waals surface area contributed by atoms with Crippen LogP contribution < -0.4 is 0 Å². The summed E-state index contributed by atoms with van der Waals surface area (Å²) < 4.78 is 5.77. The number of hydrogen-bond acceptors (Lipinski definition) is 4. The fourth-order valence-electron chi connectivity index (χ4n) is 1.37. The quantitative estimate of drug-likeness (QED) is 0.390. The Kier molecular flexibility index (Phi) is 8.79. The van der Waals surface area contributed by atoms with Crippen molar-refractivity contribution in [1.82, 2.24) is 0 Å². The molecule has 20 heavy (non-hydrogen) atoms. The lowest BCUT2D eigenvalue weighted by atomic mass is 9.83. The van der Waals surface area contributed by atoms with Crippen molar-refractivity contribution in [3.63, 3.8) is 0 Å². The smallest absolute Gasteiger partial charge is 0.310 e. The summed E-state index contributed by atoms with van der Waals surface area (Å²) in [6, 6.07) is 0.185. The molecule has 0 bridgehead atoms. The van der Waals surface area contributed by atoms with Crippen LogP contribution in [0.4, 0.5) is 0 Å². The second-order valence-electron chi connectivity index (χ2n) is 6.07. The summed E-state index contributed by atoms with van der Waals surface area (Å²) in [6.45, 7) is 12.4. The van der Waals surface area contributed by atoms with Gasteiger partial charge in [0.1, 0.15) is 0 Å². The first-order chi connectivity index (χ1) is 9.17. The van der Waals surface area contributed by atoms with Crippen LogP contribution in [0.2, 0.25) is 0 Å². The van der Waals surface area contributed by atoms with Gasteiger partial charge in [0.25, 0.3) is 0 Å². The van der Waals surface area contributed by atoms with Gasteiger partial charge >= 0.3 is 7.48 Å². The molecular formula is C15H30BNO2S. The third kappa shape index (κ3) is 6.96. The molecule has 1 N–H and O–H groups in total. The number of nitrogens with zero attached hydrogens (tertiary/aromatic N) is 1. The predicted molar refractivity (Wildman–Crippen MR) is 93.4 cm³/mol. The average molecular weight is 299 g/mol. The molecule has 1 unspecified atom stereocenters. The van der Waals surface area contributed by atoms with Crippen LogP contribution in [-0.2, 0) is 4.65 Å². The summed E-state index contributed by atoms with van der Waals surface area (Å²) >= 11 is 4.59. The molecule has 116 valence electrons. The Labute approximate surface area is 130 Å². The van der Waals surface area contributed by atoms with Crippen LogP contribution in [0.3, 0.4) is 0 Å². The molecular weight excluding hydrogens is 269 g/mol. The highest BCUT2D eigenvalue weighted by molar-refractivity contribution is 7.81. The first-order valence-electron chi connectivity index (χ1n) is 7.33. The molecule has 0 aromatic heterocycles. The van der Waals surface area contributed by atoms with E-state index >= 15 is 0 Å². The van der Waals surface area contributed by atoms with Gasteiger partial charge in [0.15, 0.2) is 0 Å². The number of allylic oxidation sites excluding steroid dienone is 2. The summed E-state index contributed by atoms with van der Waals surface area (Å²) in [6.07, 6.45) is 5.52.